The predicted molar refractivity (Wildman–Crippen MR) is 89.3 cm³/mol. The number of halogens is 2. The van der Waals surface area contributed by atoms with Gasteiger partial charge in [-0.1, -0.05) is 54.8 Å². The zero-order valence-electron chi connectivity index (χ0n) is 12.6. The number of allylic oxidation sites excluding steroid dienone is 2. The third-order valence-corrected chi connectivity index (χ3v) is 5.19. The summed E-state index contributed by atoms with van der Waals surface area (Å²) in [7, 11) is 0. The van der Waals surface area contributed by atoms with E-state index in [4.69, 9.17) is 11.6 Å². The Morgan fingerprint density at radius 2 is 2.04 bits per heavy atom. The molecule has 0 bridgehead atoms. The number of hydrogen-bond acceptors (Lipinski definition) is 2. The molecule has 1 heterocycles. The van der Waals surface area contributed by atoms with E-state index >= 15 is 4.39 Å². The van der Waals surface area contributed by atoms with Gasteiger partial charge in [-0.2, -0.15) is 5.10 Å². The SMILES string of the molecule is OC1C=CC=CC1(F)c1nn(C2CCCC2)c2c(Cl)cccc12. The monoisotopic (exact) mass is 332 g/mol. The first-order chi connectivity index (χ1) is 11.1. The normalized spacial score (nSPS) is 28.0. The maximum Gasteiger partial charge on any atom is 0.202 e. The number of alkyl halides is 1. The van der Waals surface area contributed by atoms with Crippen LogP contribution in [0.1, 0.15) is 37.4 Å². The fourth-order valence-electron chi connectivity index (χ4n) is 3.67. The third-order valence-electron chi connectivity index (χ3n) is 4.89. The number of hydrogen-bond donors (Lipinski definition) is 1. The predicted octanol–water partition coefficient (Wildman–Crippen LogP) is 4.46. The number of aromatic nitrogens is 2. The Morgan fingerprint density at radius 1 is 1.26 bits per heavy atom. The van der Waals surface area contributed by atoms with Crippen molar-refractivity contribution in [3.8, 4) is 0 Å². The van der Waals surface area contributed by atoms with E-state index in [1.165, 1.54) is 12.2 Å². The van der Waals surface area contributed by atoms with Gasteiger partial charge in [0.15, 0.2) is 0 Å². The van der Waals surface area contributed by atoms with Crippen molar-refractivity contribution in [2.75, 3.05) is 0 Å². The molecule has 1 saturated carbocycles. The van der Waals surface area contributed by atoms with Gasteiger partial charge >= 0.3 is 0 Å². The van der Waals surface area contributed by atoms with Crippen LogP contribution in [0, 0.1) is 0 Å². The molecule has 120 valence electrons. The first kappa shape index (κ1) is 14.9. The molecule has 2 aromatic rings. The summed E-state index contributed by atoms with van der Waals surface area (Å²) in [4.78, 5) is 0. The Balaban J connectivity index is 1.96. The van der Waals surface area contributed by atoms with Gasteiger partial charge in [-0.3, -0.25) is 4.68 Å². The zero-order valence-corrected chi connectivity index (χ0v) is 13.4. The lowest BCUT2D eigenvalue weighted by molar-refractivity contribution is 0.0521. The lowest BCUT2D eigenvalue weighted by Crippen LogP contribution is -2.34. The fourth-order valence-corrected chi connectivity index (χ4v) is 3.93. The highest BCUT2D eigenvalue weighted by Gasteiger charge is 2.42. The fraction of sp³-hybridized carbons (Fsp3) is 0.389. The van der Waals surface area contributed by atoms with E-state index in [0.29, 0.717) is 10.4 Å². The molecule has 0 saturated heterocycles. The van der Waals surface area contributed by atoms with Gasteiger partial charge in [0.2, 0.25) is 5.67 Å². The van der Waals surface area contributed by atoms with Crippen molar-refractivity contribution in [3.63, 3.8) is 0 Å². The van der Waals surface area contributed by atoms with E-state index < -0.39 is 11.8 Å². The van der Waals surface area contributed by atoms with Gasteiger partial charge in [0.05, 0.1) is 16.6 Å². The standard InChI is InChI=1S/C18H18ClFN2O/c19-14-9-5-8-13-16(14)22(12-6-1-2-7-12)21-17(13)18(20)11-4-3-10-15(18)23/h3-5,8-12,15,23H,1-2,6-7H2. The molecule has 2 aliphatic carbocycles. The summed E-state index contributed by atoms with van der Waals surface area (Å²) in [6, 6.07) is 5.68. The maximum atomic E-state index is 15.6. The smallest absolute Gasteiger partial charge is 0.202 e. The number of nitrogens with zero attached hydrogens (tertiary/aromatic N) is 2. The number of rotatable bonds is 2. The second-order valence-electron chi connectivity index (χ2n) is 6.32. The first-order valence-electron chi connectivity index (χ1n) is 8.01. The van der Waals surface area contributed by atoms with Crippen molar-refractivity contribution in [2.24, 2.45) is 0 Å². The second-order valence-corrected chi connectivity index (χ2v) is 6.73. The van der Waals surface area contributed by atoms with Crippen LogP contribution in [0.4, 0.5) is 4.39 Å². The highest BCUT2D eigenvalue weighted by molar-refractivity contribution is 6.35. The minimum absolute atomic E-state index is 0.245. The summed E-state index contributed by atoms with van der Waals surface area (Å²) in [5, 5.41) is 16.0. The summed E-state index contributed by atoms with van der Waals surface area (Å²) in [6.45, 7) is 0. The third kappa shape index (κ3) is 2.24. The molecule has 1 fully saturated rings. The average Bonchev–Trinajstić information content (AvgIpc) is 3.18. The number of aliphatic hydroxyl groups excluding tert-OH is 1. The zero-order chi connectivity index (χ0) is 16.0. The van der Waals surface area contributed by atoms with Crippen molar-refractivity contribution in [1.29, 1.82) is 0 Å². The molecule has 5 heteroatoms. The quantitative estimate of drug-likeness (QED) is 0.882. The molecule has 4 rings (SSSR count). The lowest BCUT2D eigenvalue weighted by Gasteiger charge is -2.26. The summed E-state index contributed by atoms with van der Waals surface area (Å²) < 4.78 is 17.4. The molecule has 0 spiro atoms. The largest absolute Gasteiger partial charge is 0.385 e. The Morgan fingerprint density at radius 3 is 2.78 bits per heavy atom. The van der Waals surface area contributed by atoms with Crippen LogP contribution in [0.15, 0.2) is 42.5 Å². The Labute approximate surface area is 139 Å². The molecule has 0 aliphatic heterocycles. The Kier molecular flexibility index (Phi) is 3.54. The topological polar surface area (TPSA) is 38.1 Å². The molecule has 1 aromatic heterocycles. The van der Waals surface area contributed by atoms with Crippen LogP contribution in [0.2, 0.25) is 5.02 Å². The molecule has 23 heavy (non-hydrogen) atoms. The minimum atomic E-state index is -2.03. The minimum Gasteiger partial charge on any atom is -0.385 e. The van der Waals surface area contributed by atoms with Crippen LogP contribution < -0.4 is 0 Å². The lowest BCUT2D eigenvalue weighted by atomic mass is 9.89. The number of fused-ring (bicyclic) bond motifs is 1. The van der Waals surface area contributed by atoms with Gasteiger partial charge in [0.1, 0.15) is 11.8 Å². The van der Waals surface area contributed by atoms with E-state index in [1.807, 2.05) is 10.7 Å². The second kappa shape index (κ2) is 5.46. The molecule has 2 atom stereocenters. The van der Waals surface area contributed by atoms with Crippen LogP contribution in [0.3, 0.4) is 0 Å². The van der Waals surface area contributed by atoms with Crippen molar-refractivity contribution < 1.29 is 9.50 Å². The molecule has 2 aliphatic rings. The Bertz CT molecular complexity index is 807. The Hall–Kier alpha value is -1.65. The van der Waals surface area contributed by atoms with Crippen molar-refractivity contribution in [3.05, 3.63) is 53.2 Å². The summed E-state index contributed by atoms with van der Waals surface area (Å²) in [5.41, 5.74) is -1.01. The van der Waals surface area contributed by atoms with Gasteiger partial charge in [0, 0.05) is 5.39 Å². The van der Waals surface area contributed by atoms with Crippen LogP contribution in [0.25, 0.3) is 10.9 Å². The van der Waals surface area contributed by atoms with Gasteiger partial charge < -0.3 is 5.11 Å². The molecule has 0 amide bonds. The molecule has 1 aromatic carbocycles. The number of benzene rings is 1. The summed E-state index contributed by atoms with van der Waals surface area (Å²) >= 11 is 6.40. The van der Waals surface area contributed by atoms with Gasteiger partial charge in [-0.15, -0.1) is 0 Å². The molecular formula is C18H18ClFN2O. The van der Waals surface area contributed by atoms with Crippen LogP contribution in [-0.4, -0.2) is 21.0 Å². The highest BCUT2D eigenvalue weighted by atomic mass is 35.5. The summed E-state index contributed by atoms with van der Waals surface area (Å²) in [6.07, 6.45) is 9.18. The van der Waals surface area contributed by atoms with Crippen LogP contribution >= 0.6 is 11.6 Å². The van der Waals surface area contributed by atoms with Gasteiger partial charge in [-0.25, -0.2) is 4.39 Å². The van der Waals surface area contributed by atoms with Crippen molar-refractivity contribution in [2.45, 2.75) is 43.5 Å². The first-order valence-corrected chi connectivity index (χ1v) is 8.39. The molecule has 1 N–H and O–H groups in total. The van der Waals surface area contributed by atoms with Gasteiger partial charge in [-0.05, 0) is 25.0 Å². The van der Waals surface area contributed by atoms with E-state index in [9.17, 15) is 5.11 Å². The van der Waals surface area contributed by atoms with Gasteiger partial charge in [0.25, 0.3) is 0 Å². The van der Waals surface area contributed by atoms with Crippen LogP contribution in [-0.2, 0) is 5.67 Å². The summed E-state index contributed by atoms with van der Waals surface area (Å²) in [5.74, 6) is 0. The van der Waals surface area contributed by atoms with E-state index in [2.05, 4.69) is 5.10 Å². The highest BCUT2D eigenvalue weighted by Crippen LogP contribution is 2.42. The molecule has 3 nitrogen and oxygen atoms in total. The van der Waals surface area contributed by atoms with Crippen molar-refractivity contribution in [1.82, 2.24) is 9.78 Å². The van der Waals surface area contributed by atoms with E-state index in [-0.39, 0.29) is 11.7 Å². The van der Waals surface area contributed by atoms with Crippen molar-refractivity contribution >= 4 is 22.5 Å². The molecule has 0 radical (unpaired) electrons. The van der Waals surface area contributed by atoms with E-state index in [1.54, 1.807) is 24.3 Å². The average molecular weight is 333 g/mol. The number of para-hydroxylation sites is 1. The van der Waals surface area contributed by atoms with Crippen LogP contribution in [0.5, 0.6) is 0 Å². The number of aliphatic hydroxyl groups is 1. The van der Waals surface area contributed by atoms with E-state index in [0.717, 1.165) is 31.2 Å². The molecular weight excluding hydrogens is 315 g/mol. The molecule has 2 unspecified atom stereocenters. The maximum absolute atomic E-state index is 15.6.